The molecule has 6 aromatic rings. The van der Waals surface area contributed by atoms with Crippen molar-refractivity contribution in [3.05, 3.63) is 140 Å². The fraction of sp³-hybridized carbons (Fsp3) is 0.0667. The molecule has 4 heteroatoms. The van der Waals surface area contributed by atoms with Gasteiger partial charge in [0.2, 0.25) is 0 Å². The lowest BCUT2D eigenvalue weighted by Crippen LogP contribution is -2.53. The molecule has 2 bridgehead atoms. The predicted octanol–water partition coefficient (Wildman–Crippen LogP) is 7.98. The molecule has 0 fully saturated rings. The van der Waals surface area contributed by atoms with Crippen LogP contribution in [0.1, 0.15) is 32.0 Å². The van der Waals surface area contributed by atoms with Gasteiger partial charge in [-0.2, -0.15) is 0 Å². The average Bonchev–Trinajstić information content (AvgIpc) is 3.62. The van der Waals surface area contributed by atoms with Crippen LogP contribution in [0.25, 0.3) is 21.5 Å². The summed E-state index contributed by atoms with van der Waals surface area (Å²) in [5.74, 6) is 0. The van der Waals surface area contributed by atoms with E-state index in [0.717, 1.165) is 32.0 Å². The number of thiophene rings is 2. The molecule has 4 aromatic carbocycles. The zero-order chi connectivity index (χ0) is 22.3. The Morgan fingerprint density at radius 2 is 0.794 bits per heavy atom. The second-order valence-electron chi connectivity index (χ2n) is 8.97. The molecule has 0 N–H and O–H groups in total. The zero-order valence-corrected chi connectivity index (χ0v) is 19.7. The molecule has 0 saturated carbocycles. The van der Waals surface area contributed by atoms with E-state index in [1.807, 2.05) is 0 Å². The largest absolute Gasteiger partial charge is 0.213 e. The third-order valence-corrected chi connectivity index (χ3v) is 9.26. The van der Waals surface area contributed by atoms with Crippen LogP contribution in [0, 0.1) is 0 Å². The summed E-state index contributed by atoms with van der Waals surface area (Å²) in [7, 11) is 0. The molecular formula is C30H18O2S2. The molecule has 0 spiro atoms. The fourth-order valence-electron chi connectivity index (χ4n) is 5.81. The third-order valence-electron chi connectivity index (χ3n) is 7.32. The Kier molecular flexibility index (Phi) is 3.73. The summed E-state index contributed by atoms with van der Waals surface area (Å²) in [6, 6.07) is 34.9. The van der Waals surface area contributed by atoms with Crippen molar-refractivity contribution in [1.29, 1.82) is 0 Å². The molecular weight excluding hydrogens is 456 g/mol. The summed E-state index contributed by atoms with van der Waals surface area (Å²) < 4.78 is 0. The molecule has 34 heavy (non-hydrogen) atoms. The summed E-state index contributed by atoms with van der Waals surface area (Å²) in [6.07, 6.45) is 0. The van der Waals surface area contributed by atoms with Crippen molar-refractivity contribution < 1.29 is 9.78 Å². The second kappa shape index (κ2) is 6.65. The van der Waals surface area contributed by atoms with E-state index in [1.165, 1.54) is 21.5 Å². The highest BCUT2D eigenvalue weighted by atomic mass is 32.1. The van der Waals surface area contributed by atoms with E-state index in [4.69, 9.17) is 9.78 Å². The van der Waals surface area contributed by atoms with Crippen molar-refractivity contribution in [2.24, 2.45) is 0 Å². The predicted molar refractivity (Wildman–Crippen MR) is 138 cm³/mol. The highest BCUT2D eigenvalue weighted by molar-refractivity contribution is 7.10. The van der Waals surface area contributed by atoms with Gasteiger partial charge in [0.25, 0.3) is 0 Å². The van der Waals surface area contributed by atoms with Crippen LogP contribution in [0.5, 0.6) is 0 Å². The first-order valence-electron chi connectivity index (χ1n) is 11.3. The monoisotopic (exact) mass is 474 g/mol. The Labute approximate surface area is 204 Å². The lowest BCUT2D eigenvalue weighted by atomic mass is 9.64. The summed E-state index contributed by atoms with van der Waals surface area (Å²) >= 11 is 3.42. The quantitative estimate of drug-likeness (QED) is 0.237. The van der Waals surface area contributed by atoms with Gasteiger partial charge in [0.05, 0.1) is 0 Å². The maximum absolute atomic E-state index is 6.60. The highest BCUT2D eigenvalue weighted by Gasteiger charge is 2.61. The number of hydrogen-bond donors (Lipinski definition) is 0. The van der Waals surface area contributed by atoms with E-state index in [1.54, 1.807) is 22.7 Å². The van der Waals surface area contributed by atoms with E-state index in [0.29, 0.717) is 0 Å². The topological polar surface area (TPSA) is 18.5 Å². The zero-order valence-electron chi connectivity index (χ0n) is 18.0. The molecule has 162 valence electrons. The van der Waals surface area contributed by atoms with Crippen LogP contribution in [0.3, 0.4) is 0 Å². The minimum Gasteiger partial charge on any atom is -0.213 e. The van der Waals surface area contributed by atoms with E-state index >= 15 is 0 Å². The molecule has 0 unspecified atom stereocenters. The number of rotatable bonds is 2. The van der Waals surface area contributed by atoms with Crippen LogP contribution in [0.2, 0.25) is 0 Å². The van der Waals surface area contributed by atoms with Crippen LogP contribution in [0.15, 0.2) is 108 Å². The molecule has 2 aromatic heterocycles. The van der Waals surface area contributed by atoms with Crippen LogP contribution < -0.4 is 0 Å². The maximum Gasteiger partial charge on any atom is 0.188 e. The summed E-state index contributed by atoms with van der Waals surface area (Å²) in [5, 5.41) is 9.05. The van der Waals surface area contributed by atoms with Gasteiger partial charge < -0.3 is 0 Å². The molecule has 0 amide bonds. The third kappa shape index (κ3) is 2.22. The van der Waals surface area contributed by atoms with E-state index in [2.05, 4.69) is 108 Å². The summed E-state index contributed by atoms with van der Waals surface area (Å²) in [4.78, 5) is 15.5. The second-order valence-corrected chi connectivity index (χ2v) is 10.9. The maximum atomic E-state index is 6.60. The van der Waals surface area contributed by atoms with Crippen LogP contribution in [-0.4, -0.2) is 0 Å². The van der Waals surface area contributed by atoms with Gasteiger partial charge in [-0.3, -0.25) is 0 Å². The Morgan fingerprint density at radius 3 is 1.09 bits per heavy atom. The lowest BCUT2D eigenvalue weighted by molar-refractivity contribution is -0.408. The van der Waals surface area contributed by atoms with Gasteiger partial charge >= 0.3 is 0 Å². The van der Waals surface area contributed by atoms with Gasteiger partial charge in [-0.25, -0.2) is 9.78 Å². The molecule has 2 nitrogen and oxygen atoms in total. The van der Waals surface area contributed by atoms with Crippen LogP contribution >= 0.6 is 22.7 Å². The molecule has 1 aliphatic carbocycles. The molecule has 0 atom stereocenters. The lowest BCUT2D eigenvalue weighted by Gasteiger charge is -2.53. The average molecular weight is 475 g/mol. The molecule has 3 aliphatic rings. The van der Waals surface area contributed by atoms with Crippen molar-refractivity contribution in [3.8, 4) is 0 Å². The Morgan fingerprint density at radius 1 is 0.441 bits per heavy atom. The summed E-state index contributed by atoms with van der Waals surface area (Å²) in [6.45, 7) is 0. The van der Waals surface area contributed by atoms with Gasteiger partial charge in [0, 0.05) is 32.0 Å². The number of benzene rings is 4. The van der Waals surface area contributed by atoms with Gasteiger partial charge in [-0.05, 0) is 68.7 Å². The fourth-order valence-corrected chi connectivity index (χ4v) is 7.57. The highest BCUT2D eigenvalue weighted by Crippen LogP contribution is 2.63. The van der Waals surface area contributed by atoms with Crippen molar-refractivity contribution in [2.45, 2.75) is 11.2 Å². The number of hydrogen-bond acceptors (Lipinski definition) is 4. The SMILES string of the molecule is c1csc(C23OOC(c4cccs4)(c4cc5ccccc5cc42)c2cc4ccccc4cc23)c1. The molecule has 4 heterocycles. The van der Waals surface area contributed by atoms with Crippen LogP contribution in [-0.2, 0) is 21.0 Å². The van der Waals surface area contributed by atoms with E-state index < -0.39 is 11.2 Å². The normalized spacial score (nSPS) is 22.7. The smallest absolute Gasteiger partial charge is 0.188 e. The molecule has 0 saturated heterocycles. The van der Waals surface area contributed by atoms with Crippen molar-refractivity contribution in [3.63, 3.8) is 0 Å². The van der Waals surface area contributed by atoms with Crippen molar-refractivity contribution in [2.75, 3.05) is 0 Å². The Balaban J connectivity index is 1.61. The molecule has 2 aliphatic heterocycles. The van der Waals surface area contributed by atoms with Gasteiger partial charge in [0.15, 0.2) is 11.2 Å². The van der Waals surface area contributed by atoms with Gasteiger partial charge in [-0.15, -0.1) is 22.7 Å². The minimum absolute atomic E-state index is 0.814. The first kappa shape index (κ1) is 19.1. The number of fused-ring (bicyclic) bond motifs is 3. The van der Waals surface area contributed by atoms with E-state index in [9.17, 15) is 0 Å². The first-order valence-corrected chi connectivity index (χ1v) is 13.1. The van der Waals surface area contributed by atoms with E-state index in [-0.39, 0.29) is 0 Å². The summed E-state index contributed by atoms with van der Waals surface area (Å²) in [5.41, 5.74) is 3.02. The molecule has 0 radical (unpaired) electrons. The Bertz CT molecular complexity index is 1500. The first-order chi connectivity index (χ1) is 16.8. The molecule has 9 rings (SSSR count). The van der Waals surface area contributed by atoms with Crippen molar-refractivity contribution in [1.82, 2.24) is 0 Å². The van der Waals surface area contributed by atoms with Crippen LogP contribution in [0.4, 0.5) is 0 Å². The Hall–Kier alpha value is -3.28. The standard InChI is InChI=1S/C30H18O2S2/c1-2-8-20-16-24-23(15-19(20)7-1)29(27-11-5-13-33-27)25-17-21-9-3-4-10-22(21)18-26(25)30(24,32-31-29)28-12-6-14-34-28/h1-18H. The minimum atomic E-state index is -0.814. The van der Waals surface area contributed by atoms with Gasteiger partial charge in [-0.1, -0.05) is 60.7 Å². The van der Waals surface area contributed by atoms with Gasteiger partial charge in [0.1, 0.15) is 0 Å². The van der Waals surface area contributed by atoms with Crippen molar-refractivity contribution >= 4 is 44.2 Å².